The van der Waals surface area contributed by atoms with Crippen LogP contribution < -0.4 is 33.1 Å². The zero-order chi connectivity index (χ0) is 99.3. The van der Waals surface area contributed by atoms with Crippen molar-refractivity contribution in [2.45, 2.75) is 172 Å². The van der Waals surface area contributed by atoms with E-state index in [1.165, 1.54) is 72.4 Å². The number of likely N-dealkylation sites (N-methyl/N-ethyl adjacent to an activating group) is 2. The summed E-state index contributed by atoms with van der Waals surface area (Å²) in [6.45, 7) is 29.3. The third kappa shape index (κ3) is 18.4. The fraction of sp³-hybridized carbons (Fsp3) is 0.327. The van der Waals surface area contributed by atoms with Gasteiger partial charge in [0.1, 0.15) is 28.7 Å². The Morgan fingerprint density at radius 2 is 0.619 bits per heavy atom. The number of nitrogens with zero attached hydrogens (tertiary/aromatic N) is 4. The van der Waals surface area contributed by atoms with E-state index >= 15 is 0 Å². The van der Waals surface area contributed by atoms with E-state index in [2.05, 4.69) is 109 Å². The van der Waals surface area contributed by atoms with Gasteiger partial charge in [0, 0.05) is 223 Å². The van der Waals surface area contributed by atoms with Gasteiger partial charge in [0.2, 0.25) is 0 Å². The van der Waals surface area contributed by atoms with Gasteiger partial charge in [-0.1, -0.05) is 109 Å². The first kappa shape index (κ1) is 96.8. The topological polar surface area (TPSA) is 556 Å². The van der Waals surface area contributed by atoms with Crippen molar-refractivity contribution in [1.82, 2.24) is 74.8 Å². The fourth-order valence-electron chi connectivity index (χ4n) is 20.5. The Balaban J connectivity index is 0.000000126. The number of aromatic carboxylic acids is 5. The first-order valence-corrected chi connectivity index (χ1v) is 47.0. The molecule has 5 aromatic carbocycles. The van der Waals surface area contributed by atoms with Crippen molar-refractivity contribution in [2.75, 3.05) is 52.9 Å². The maximum absolute atomic E-state index is 12.3. The summed E-state index contributed by atoms with van der Waals surface area (Å²) in [5, 5.41) is 107. The van der Waals surface area contributed by atoms with Gasteiger partial charge in [-0.2, -0.15) is 0 Å². The van der Waals surface area contributed by atoms with Crippen molar-refractivity contribution in [3.63, 3.8) is 0 Å². The molecule has 15 heterocycles. The number of hydrogen-bond acceptors (Lipinski definition) is 20. The highest BCUT2D eigenvalue weighted by Gasteiger charge is 2.33. The first-order chi connectivity index (χ1) is 66.6. The number of carbonyl (C=O) groups is 5. The average molecular weight is 1890 g/mol. The number of nitrogens with one attached hydrogen (secondary N) is 11. The van der Waals surface area contributed by atoms with E-state index < -0.39 is 114 Å². The lowest BCUT2D eigenvalue weighted by molar-refractivity contribution is 0.0680. The largest absolute Gasteiger partial charge is 0.506 e. The van der Waals surface area contributed by atoms with E-state index in [0.717, 1.165) is 183 Å². The van der Waals surface area contributed by atoms with Crippen LogP contribution in [0.25, 0.3) is 111 Å². The Labute approximate surface area is 794 Å². The van der Waals surface area contributed by atoms with E-state index in [9.17, 15) is 99.0 Å². The van der Waals surface area contributed by atoms with Crippen molar-refractivity contribution in [2.24, 2.45) is 0 Å². The Morgan fingerprint density at radius 3 is 0.928 bits per heavy atom. The van der Waals surface area contributed by atoms with Crippen LogP contribution in [0.3, 0.4) is 0 Å². The molecule has 0 atom stereocenters. The lowest BCUT2D eigenvalue weighted by atomic mass is 9.98. The number of benzene rings is 5. The van der Waals surface area contributed by atoms with Crippen LogP contribution in [0.5, 0.6) is 28.7 Å². The number of aromatic amines is 10. The molecule has 0 bridgehead atoms. The van der Waals surface area contributed by atoms with Crippen LogP contribution >= 0.6 is 0 Å². The molecule has 724 valence electrons. The fourth-order valence-corrected chi connectivity index (χ4v) is 20.5. The van der Waals surface area contributed by atoms with Crippen LogP contribution in [0, 0.1) is 0 Å². The minimum atomic E-state index is -1.44. The molecule has 0 unspecified atom stereocenters. The summed E-state index contributed by atoms with van der Waals surface area (Å²) in [7, 11) is 2.10. The predicted molar refractivity (Wildman–Crippen MR) is 530 cm³/mol. The molecule has 0 fully saturated rings. The average Bonchev–Trinajstić information content (AvgIpc) is 1.68. The van der Waals surface area contributed by atoms with Gasteiger partial charge >= 0.3 is 29.8 Å². The molecule has 139 heavy (non-hydrogen) atoms. The molecule has 0 aliphatic carbocycles. The molecular formula is C104H113N15O20. The normalized spacial score (nSPS) is 14.3. The Hall–Kier alpha value is -15.3. The highest BCUT2D eigenvalue weighted by atomic mass is 16.4. The summed E-state index contributed by atoms with van der Waals surface area (Å²) in [4.78, 5) is 158. The van der Waals surface area contributed by atoms with Crippen LogP contribution in [-0.2, 0) is 96.9 Å². The number of aromatic hydroxyl groups is 5. The SMILES string of the molecule is CCCN1CCc2c([nH]c3cc(-c4[nH]c(=O)c(C(=O)O)c(O)c4CC)ccc23)C1.CCc1c(-c2ccc3c4c([nH]c3c2)CCN(C)C4)[nH]c(=O)c(C(=O)O)c1O.CCc1c(-c2ccc3c4c([nH]c3c2)CCNC4)[nH]c(=O)c(C(=O)O)c1O.CCc1c(-c2ccc3c4c([nH]c3c2)CN(C(C)C)CC4)[nH]c(=O)c(C(=O)O)c1O.CCc1c(-c2ccc3c4c([nH]c3c2)CN(CC)CC4)[nH]c(=O)c(C(=O)O)c1O. The Bertz CT molecular complexity index is 7800. The zero-order valence-corrected chi connectivity index (χ0v) is 78.8. The standard InChI is InChI=1S/2C22H25N3O4.C21H23N3O4.C20H21N3O4.C19H19N3O4/c1-4-13-19(24-21(27)18(20(13)26)22(28)29)12-5-6-14-15-7-8-25(11(2)3)10-17(15)23-16(14)9-12;1-3-8-25-9-7-15-14-6-5-12(10-16(14)23-17(15)11-25)19-13(4-2)20(26)18(22(28)29)21(27)24-19;1-3-12-18(23-20(26)17(19(12)25)21(27)28)11-5-6-13-14-7-8-24(4-2)10-16(14)22-15(13)9-11;1-3-11-17(22-19(25)16(18(11)24)20(26)27)10-4-5-12-13-9-23(2)7-6-14(13)21-15(12)8-10;1-2-10-16(22-18(24)15(17(10)23)19(25)26)9-3-4-11-12-8-20-6-5-13(12)21-14(11)7-9/h5-6,9,11,23H,4,7-8,10H2,1-3H3,(H,28,29)(H2,24,26,27);5-6,10,23H,3-4,7-9,11H2,1-2H3,(H,28,29)(H2,24,26,27);5-6,9,22H,3-4,7-8,10H2,1-2H3,(H,27,28)(H2,23,25,26);4-5,8,21H,3,6-7,9H2,1-2H3,(H,26,27)(H2,22,24,25);3-4,7,20-21H,2,5-6,8H2,1H3,(H,25,26)(H2,22,23,24). The van der Waals surface area contributed by atoms with Crippen LogP contribution in [0.4, 0.5) is 0 Å². The second-order valence-corrected chi connectivity index (χ2v) is 36.0. The quantitative estimate of drug-likeness (QED) is 0.0357. The van der Waals surface area contributed by atoms with Gasteiger partial charge in [0.25, 0.3) is 27.8 Å². The highest BCUT2D eigenvalue weighted by molar-refractivity contribution is 5.99. The number of aromatic nitrogens is 10. The highest BCUT2D eigenvalue weighted by Crippen LogP contribution is 2.42. The van der Waals surface area contributed by atoms with Crippen LogP contribution in [-0.4, -0.2) is 209 Å². The monoisotopic (exact) mass is 1890 g/mol. The van der Waals surface area contributed by atoms with Crippen molar-refractivity contribution in [3.05, 3.63) is 255 Å². The molecule has 0 saturated carbocycles. The van der Waals surface area contributed by atoms with E-state index in [-0.39, 0.29) is 0 Å². The number of hydrogen-bond donors (Lipinski definition) is 21. The molecule has 0 amide bonds. The number of rotatable bonds is 19. The van der Waals surface area contributed by atoms with E-state index in [1.54, 1.807) is 6.92 Å². The van der Waals surface area contributed by atoms with Crippen molar-refractivity contribution in [3.8, 4) is 85.0 Å². The first-order valence-electron chi connectivity index (χ1n) is 47.0. The van der Waals surface area contributed by atoms with Crippen molar-refractivity contribution in [1.29, 1.82) is 0 Å². The van der Waals surface area contributed by atoms with Crippen molar-refractivity contribution < 1.29 is 75.0 Å². The zero-order valence-electron chi connectivity index (χ0n) is 78.8. The number of H-pyrrole nitrogens is 10. The number of fused-ring (bicyclic) bond motifs is 15. The van der Waals surface area contributed by atoms with Gasteiger partial charge in [0.05, 0.1) is 28.5 Å². The summed E-state index contributed by atoms with van der Waals surface area (Å²) in [5.41, 5.74) is 18.5. The summed E-state index contributed by atoms with van der Waals surface area (Å²) >= 11 is 0. The third-order valence-corrected chi connectivity index (χ3v) is 27.6. The molecule has 0 spiro atoms. The van der Waals surface area contributed by atoms with Gasteiger partial charge in [-0.05, 0) is 150 Å². The minimum absolute atomic E-state index is 0.390. The van der Waals surface area contributed by atoms with Gasteiger partial charge < -0.3 is 111 Å². The lowest BCUT2D eigenvalue weighted by Gasteiger charge is -2.30. The summed E-state index contributed by atoms with van der Waals surface area (Å²) in [6.07, 6.45) is 7.95. The summed E-state index contributed by atoms with van der Waals surface area (Å²) in [5.74, 6) is -9.49. The van der Waals surface area contributed by atoms with Crippen LogP contribution in [0.2, 0.25) is 0 Å². The van der Waals surface area contributed by atoms with Gasteiger partial charge in [-0.25, -0.2) is 24.0 Å². The Kier molecular flexibility index (Phi) is 27.7. The molecule has 20 rings (SSSR count). The second kappa shape index (κ2) is 39.8. The summed E-state index contributed by atoms with van der Waals surface area (Å²) in [6, 6.07) is 29.8. The molecule has 10 aromatic heterocycles. The predicted octanol–water partition coefficient (Wildman–Crippen LogP) is 14.0. The van der Waals surface area contributed by atoms with Crippen LogP contribution in [0.1, 0.15) is 205 Å². The molecule has 35 heteroatoms. The number of carboxylic acids is 5. The molecule has 0 radical (unpaired) electrons. The molecule has 5 aliphatic heterocycles. The molecule has 5 aliphatic rings. The Morgan fingerprint density at radius 1 is 0.331 bits per heavy atom. The number of carboxylic acid groups (broad SMARTS) is 5. The third-order valence-electron chi connectivity index (χ3n) is 27.6. The van der Waals surface area contributed by atoms with Gasteiger partial charge in [-0.15, -0.1) is 0 Å². The van der Waals surface area contributed by atoms with Crippen molar-refractivity contribution >= 4 is 84.4 Å². The number of pyridine rings is 5. The molecule has 15 aromatic rings. The maximum atomic E-state index is 12.3. The molecule has 35 nitrogen and oxygen atoms in total. The van der Waals surface area contributed by atoms with Gasteiger partial charge in [0.15, 0.2) is 27.8 Å². The second-order valence-electron chi connectivity index (χ2n) is 36.0. The van der Waals surface area contributed by atoms with E-state index in [1.807, 2.05) is 119 Å². The van der Waals surface area contributed by atoms with E-state index in [0.29, 0.717) is 94.4 Å². The van der Waals surface area contributed by atoms with Crippen LogP contribution in [0.15, 0.2) is 115 Å². The minimum Gasteiger partial charge on any atom is -0.506 e. The maximum Gasteiger partial charge on any atom is 0.345 e. The van der Waals surface area contributed by atoms with E-state index in [4.69, 9.17) is 0 Å². The van der Waals surface area contributed by atoms with Gasteiger partial charge in [-0.3, -0.25) is 38.7 Å². The molecule has 0 saturated heterocycles. The molecule has 21 N–H and O–H groups in total. The summed E-state index contributed by atoms with van der Waals surface area (Å²) < 4.78 is 0. The molecular weight excluding hydrogens is 1780 g/mol. The smallest absolute Gasteiger partial charge is 0.345 e. The lowest BCUT2D eigenvalue weighted by Crippen LogP contribution is -2.35.